The summed E-state index contributed by atoms with van der Waals surface area (Å²) in [6.45, 7) is 4.64. The molecular weight excluding hydrogens is 204 g/mol. The maximum atomic E-state index is 5.44. The topological polar surface area (TPSA) is 73.1 Å². The van der Waals surface area contributed by atoms with E-state index >= 15 is 0 Å². The second-order valence-electron chi connectivity index (χ2n) is 3.59. The van der Waals surface area contributed by atoms with Crippen molar-refractivity contribution in [2.75, 3.05) is 30.8 Å². The highest BCUT2D eigenvalue weighted by Gasteiger charge is 1.94. The molecule has 0 bridgehead atoms. The highest BCUT2D eigenvalue weighted by atomic mass is 16.5. The van der Waals surface area contributed by atoms with Crippen molar-refractivity contribution in [1.82, 2.24) is 10.2 Å². The molecule has 5 heteroatoms. The fourth-order valence-corrected chi connectivity index (χ4v) is 1.18. The number of hydrogen-bond acceptors (Lipinski definition) is 5. The van der Waals surface area contributed by atoms with Gasteiger partial charge in [-0.1, -0.05) is 13.3 Å². The third kappa shape index (κ3) is 5.50. The van der Waals surface area contributed by atoms with Gasteiger partial charge in [0, 0.05) is 19.8 Å². The first kappa shape index (κ1) is 12.7. The number of nitrogens with one attached hydrogen (secondary N) is 1. The molecule has 3 N–H and O–H groups in total. The lowest BCUT2D eigenvalue weighted by atomic mass is 10.3. The molecular formula is C11H20N4O. The van der Waals surface area contributed by atoms with E-state index in [1.807, 2.05) is 6.07 Å². The molecule has 90 valence electrons. The first-order chi connectivity index (χ1) is 7.83. The van der Waals surface area contributed by atoms with E-state index in [0.717, 1.165) is 38.4 Å². The molecule has 0 aliphatic rings. The zero-order chi connectivity index (χ0) is 11.6. The molecule has 0 aliphatic heterocycles. The number of nitrogens with zero attached hydrogens (tertiary/aromatic N) is 2. The molecule has 0 radical (unpaired) electrons. The second-order valence-corrected chi connectivity index (χ2v) is 3.59. The Balaban J connectivity index is 2.01. The Morgan fingerprint density at radius 1 is 1.25 bits per heavy atom. The fraction of sp³-hybridized carbons (Fsp3) is 0.636. The molecule has 1 aromatic heterocycles. The summed E-state index contributed by atoms with van der Waals surface area (Å²) in [6.07, 6.45) is 3.28. The largest absolute Gasteiger partial charge is 0.382 e. The SMILES string of the molecule is CCCCOCCCNc1ccc(N)nn1. The molecule has 1 aromatic rings. The number of anilines is 2. The summed E-state index contributed by atoms with van der Waals surface area (Å²) in [5.74, 6) is 1.19. The van der Waals surface area contributed by atoms with E-state index in [0.29, 0.717) is 5.82 Å². The fourth-order valence-electron chi connectivity index (χ4n) is 1.18. The average molecular weight is 224 g/mol. The van der Waals surface area contributed by atoms with Crippen LogP contribution in [0.25, 0.3) is 0 Å². The summed E-state index contributed by atoms with van der Waals surface area (Å²) >= 11 is 0. The van der Waals surface area contributed by atoms with E-state index in [9.17, 15) is 0 Å². The molecule has 0 saturated heterocycles. The predicted molar refractivity (Wildman–Crippen MR) is 65.3 cm³/mol. The third-order valence-electron chi connectivity index (χ3n) is 2.10. The highest BCUT2D eigenvalue weighted by Crippen LogP contribution is 2.02. The van der Waals surface area contributed by atoms with Gasteiger partial charge in [-0.05, 0) is 25.0 Å². The summed E-state index contributed by atoms with van der Waals surface area (Å²) in [5.41, 5.74) is 5.43. The summed E-state index contributed by atoms with van der Waals surface area (Å²) < 4.78 is 5.44. The molecule has 1 rings (SSSR count). The lowest BCUT2D eigenvalue weighted by Gasteiger charge is -2.05. The van der Waals surface area contributed by atoms with Crippen LogP contribution in [0, 0.1) is 0 Å². The Morgan fingerprint density at radius 3 is 2.75 bits per heavy atom. The van der Waals surface area contributed by atoms with Gasteiger partial charge in [-0.2, -0.15) is 0 Å². The molecule has 0 saturated carbocycles. The number of hydrogen-bond donors (Lipinski definition) is 2. The number of nitrogen functional groups attached to an aromatic ring is 1. The van der Waals surface area contributed by atoms with E-state index < -0.39 is 0 Å². The average Bonchev–Trinajstić information content (AvgIpc) is 2.30. The molecule has 0 atom stereocenters. The van der Waals surface area contributed by atoms with Crippen molar-refractivity contribution in [3.63, 3.8) is 0 Å². The van der Waals surface area contributed by atoms with Gasteiger partial charge >= 0.3 is 0 Å². The van der Waals surface area contributed by atoms with Gasteiger partial charge < -0.3 is 15.8 Å². The minimum atomic E-state index is 0.438. The molecule has 0 amide bonds. The molecule has 1 heterocycles. The summed E-state index contributed by atoms with van der Waals surface area (Å²) in [7, 11) is 0. The van der Waals surface area contributed by atoms with Crippen molar-refractivity contribution in [2.45, 2.75) is 26.2 Å². The third-order valence-corrected chi connectivity index (χ3v) is 2.10. The van der Waals surface area contributed by atoms with Crippen molar-refractivity contribution in [3.05, 3.63) is 12.1 Å². The van der Waals surface area contributed by atoms with Crippen LogP contribution in [0.3, 0.4) is 0 Å². The maximum Gasteiger partial charge on any atom is 0.148 e. The molecule has 0 aliphatic carbocycles. The van der Waals surface area contributed by atoms with E-state index in [1.54, 1.807) is 6.07 Å². The van der Waals surface area contributed by atoms with Gasteiger partial charge in [0.2, 0.25) is 0 Å². The summed E-state index contributed by atoms with van der Waals surface area (Å²) in [6, 6.07) is 3.55. The van der Waals surface area contributed by atoms with Crippen LogP contribution in [-0.2, 0) is 4.74 Å². The highest BCUT2D eigenvalue weighted by molar-refractivity contribution is 5.38. The van der Waals surface area contributed by atoms with Crippen LogP contribution >= 0.6 is 0 Å². The van der Waals surface area contributed by atoms with Crippen molar-refractivity contribution in [2.24, 2.45) is 0 Å². The minimum Gasteiger partial charge on any atom is -0.382 e. The second kappa shape index (κ2) is 7.87. The number of aromatic nitrogens is 2. The Morgan fingerprint density at radius 2 is 2.06 bits per heavy atom. The van der Waals surface area contributed by atoms with E-state index in [1.165, 1.54) is 6.42 Å². The first-order valence-electron chi connectivity index (χ1n) is 5.73. The van der Waals surface area contributed by atoms with Crippen LogP contribution in [0.4, 0.5) is 11.6 Å². The smallest absolute Gasteiger partial charge is 0.148 e. The Labute approximate surface area is 96.4 Å². The number of ether oxygens (including phenoxy) is 1. The van der Waals surface area contributed by atoms with E-state index in [-0.39, 0.29) is 0 Å². The lowest BCUT2D eigenvalue weighted by Crippen LogP contribution is -2.08. The summed E-state index contributed by atoms with van der Waals surface area (Å²) in [5, 5.41) is 10.8. The standard InChI is InChI=1S/C11H20N4O/c1-2-3-8-16-9-4-7-13-11-6-5-10(12)14-15-11/h5-6H,2-4,7-9H2,1H3,(H2,12,14)(H,13,15). The zero-order valence-electron chi connectivity index (χ0n) is 9.78. The van der Waals surface area contributed by atoms with Gasteiger partial charge in [0.25, 0.3) is 0 Å². The minimum absolute atomic E-state index is 0.438. The van der Waals surface area contributed by atoms with Crippen LogP contribution in [-0.4, -0.2) is 30.0 Å². The van der Waals surface area contributed by atoms with Crippen LogP contribution < -0.4 is 11.1 Å². The molecule has 0 spiro atoms. The van der Waals surface area contributed by atoms with Gasteiger partial charge in [0.15, 0.2) is 0 Å². The van der Waals surface area contributed by atoms with Crippen LogP contribution in [0.2, 0.25) is 0 Å². The van der Waals surface area contributed by atoms with Crippen molar-refractivity contribution < 1.29 is 4.74 Å². The Bertz CT molecular complexity index is 276. The van der Waals surface area contributed by atoms with Gasteiger partial charge in [-0.3, -0.25) is 0 Å². The van der Waals surface area contributed by atoms with E-state index in [4.69, 9.17) is 10.5 Å². The first-order valence-corrected chi connectivity index (χ1v) is 5.73. The Kier molecular flexibility index (Phi) is 6.25. The van der Waals surface area contributed by atoms with Gasteiger partial charge in [-0.25, -0.2) is 0 Å². The van der Waals surface area contributed by atoms with Gasteiger partial charge in [-0.15, -0.1) is 10.2 Å². The van der Waals surface area contributed by atoms with Crippen LogP contribution in [0.15, 0.2) is 12.1 Å². The number of unbranched alkanes of at least 4 members (excludes halogenated alkanes) is 1. The number of rotatable bonds is 8. The normalized spacial score (nSPS) is 10.3. The van der Waals surface area contributed by atoms with Crippen molar-refractivity contribution >= 4 is 11.6 Å². The molecule has 0 fully saturated rings. The van der Waals surface area contributed by atoms with Gasteiger partial charge in [0.05, 0.1) is 0 Å². The van der Waals surface area contributed by atoms with Gasteiger partial charge in [0.1, 0.15) is 11.6 Å². The molecule has 0 aromatic carbocycles. The maximum absolute atomic E-state index is 5.44. The van der Waals surface area contributed by atoms with E-state index in [2.05, 4.69) is 22.4 Å². The molecule has 16 heavy (non-hydrogen) atoms. The van der Waals surface area contributed by atoms with Crippen LogP contribution in [0.5, 0.6) is 0 Å². The predicted octanol–water partition coefficient (Wildman–Crippen LogP) is 1.68. The quantitative estimate of drug-likeness (QED) is 0.657. The van der Waals surface area contributed by atoms with Crippen molar-refractivity contribution in [3.8, 4) is 0 Å². The zero-order valence-corrected chi connectivity index (χ0v) is 9.78. The molecule has 0 unspecified atom stereocenters. The number of nitrogens with two attached hydrogens (primary N) is 1. The summed E-state index contributed by atoms with van der Waals surface area (Å²) in [4.78, 5) is 0. The monoisotopic (exact) mass is 224 g/mol. The Hall–Kier alpha value is -1.36. The van der Waals surface area contributed by atoms with Crippen molar-refractivity contribution in [1.29, 1.82) is 0 Å². The molecule has 5 nitrogen and oxygen atoms in total. The van der Waals surface area contributed by atoms with Crippen LogP contribution in [0.1, 0.15) is 26.2 Å². The lowest BCUT2D eigenvalue weighted by molar-refractivity contribution is 0.131.